The molecule has 0 bridgehead atoms. The predicted octanol–water partition coefficient (Wildman–Crippen LogP) is 0.969. The molecular weight excluding hydrogens is 306 g/mol. The number of hydrogen-bond acceptors (Lipinski definition) is 6. The Morgan fingerprint density at radius 2 is 2.00 bits per heavy atom. The third-order valence-electron chi connectivity index (χ3n) is 4.94. The van der Waals surface area contributed by atoms with Crippen molar-refractivity contribution in [3.8, 4) is 0 Å². The summed E-state index contributed by atoms with van der Waals surface area (Å²) in [6, 6.07) is 0. The average Bonchev–Trinajstić information content (AvgIpc) is 3.21. The number of aliphatic hydroxyl groups is 1. The van der Waals surface area contributed by atoms with Crippen molar-refractivity contribution in [2.45, 2.75) is 38.8 Å². The van der Waals surface area contributed by atoms with Crippen molar-refractivity contribution in [1.82, 2.24) is 29.4 Å². The normalized spacial score (nSPS) is 17.5. The van der Waals surface area contributed by atoms with E-state index in [-0.39, 0.29) is 0 Å². The van der Waals surface area contributed by atoms with E-state index < -0.39 is 5.60 Å². The zero-order chi connectivity index (χ0) is 16.7. The lowest BCUT2D eigenvalue weighted by molar-refractivity contribution is -0.0000748. The minimum atomic E-state index is -0.697. The van der Waals surface area contributed by atoms with Crippen LogP contribution in [0.1, 0.15) is 24.1 Å². The average molecular weight is 327 g/mol. The molecule has 1 aliphatic heterocycles. The van der Waals surface area contributed by atoms with Gasteiger partial charge in [-0.15, -0.1) is 10.2 Å². The number of hydrogen-bond donors (Lipinski definition) is 1. The van der Waals surface area contributed by atoms with Crippen molar-refractivity contribution >= 4 is 11.3 Å². The SMILES string of the molecule is Cc1nn2cnnc2c(N2CCC(O)(Cn3ccnc3)CC2)c1C. The summed E-state index contributed by atoms with van der Waals surface area (Å²) < 4.78 is 3.66. The molecule has 8 nitrogen and oxygen atoms in total. The molecule has 1 aliphatic rings. The summed E-state index contributed by atoms with van der Waals surface area (Å²) in [6.07, 6.45) is 8.41. The molecule has 0 spiro atoms. The van der Waals surface area contributed by atoms with Crippen LogP contribution in [0.2, 0.25) is 0 Å². The summed E-state index contributed by atoms with van der Waals surface area (Å²) in [5.41, 5.74) is 3.24. The molecule has 0 aliphatic carbocycles. The van der Waals surface area contributed by atoms with Crippen LogP contribution in [0.25, 0.3) is 5.65 Å². The highest BCUT2D eigenvalue weighted by molar-refractivity contribution is 5.72. The molecule has 126 valence electrons. The monoisotopic (exact) mass is 327 g/mol. The standard InChI is InChI=1S/C16H21N7O/c1-12-13(2)20-23-11-18-19-15(23)14(12)22-6-3-16(24,4-7-22)9-21-8-5-17-10-21/h5,8,10-11,24H,3-4,6-7,9H2,1-2H3. The Bertz CT molecular complexity index is 847. The van der Waals surface area contributed by atoms with Crippen LogP contribution in [-0.4, -0.2) is 53.2 Å². The first-order valence-corrected chi connectivity index (χ1v) is 8.16. The smallest absolute Gasteiger partial charge is 0.201 e. The fourth-order valence-electron chi connectivity index (χ4n) is 3.44. The molecule has 0 amide bonds. The maximum Gasteiger partial charge on any atom is 0.201 e. The zero-order valence-corrected chi connectivity index (χ0v) is 13.9. The van der Waals surface area contributed by atoms with Crippen LogP contribution in [0.15, 0.2) is 25.0 Å². The van der Waals surface area contributed by atoms with Gasteiger partial charge in [-0.2, -0.15) is 9.61 Å². The number of rotatable bonds is 3. The van der Waals surface area contributed by atoms with Gasteiger partial charge in [0.1, 0.15) is 6.33 Å². The molecule has 4 heterocycles. The Hall–Kier alpha value is -2.48. The molecule has 3 aromatic heterocycles. The molecule has 0 saturated carbocycles. The molecule has 1 saturated heterocycles. The number of fused-ring (bicyclic) bond motifs is 1. The Morgan fingerprint density at radius 1 is 1.21 bits per heavy atom. The first-order valence-electron chi connectivity index (χ1n) is 8.16. The molecule has 1 N–H and O–H groups in total. The maximum absolute atomic E-state index is 10.9. The van der Waals surface area contributed by atoms with Gasteiger partial charge in [0.2, 0.25) is 5.65 Å². The summed E-state index contributed by atoms with van der Waals surface area (Å²) in [5.74, 6) is 0. The number of aromatic nitrogens is 6. The number of aryl methyl sites for hydroxylation is 1. The quantitative estimate of drug-likeness (QED) is 0.772. The lowest BCUT2D eigenvalue weighted by Gasteiger charge is -2.39. The molecular formula is C16H21N7O. The van der Waals surface area contributed by atoms with Gasteiger partial charge < -0.3 is 14.6 Å². The van der Waals surface area contributed by atoms with Gasteiger partial charge in [-0.25, -0.2) is 4.98 Å². The Balaban J connectivity index is 1.58. The molecule has 24 heavy (non-hydrogen) atoms. The second-order valence-electron chi connectivity index (χ2n) is 6.60. The van der Waals surface area contributed by atoms with E-state index in [4.69, 9.17) is 0 Å². The van der Waals surface area contributed by atoms with Crippen molar-refractivity contribution in [3.05, 3.63) is 36.3 Å². The highest BCUT2D eigenvalue weighted by Gasteiger charge is 2.34. The zero-order valence-electron chi connectivity index (χ0n) is 13.9. The van der Waals surface area contributed by atoms with Gasteiger partial charge >= 0.3 is 0 Å². The van der Waals surface area contributed by atoms with Crippen LogP contribution in [-0.2, 0) is 6.54 Å². The summed E-state index contributed by atoms with van der Waals surface area (Å²) in [7, 11) is 0. The molecule has 3 aromatic rings. The van der Waals surface area contributed by atoms with Gasteiger partial charge in [0.15, 0.2) is 0 Å². The second kappa shape index (κ2) is 5.55. The van der Waals surface area contributed by atoms with Gasteiger partial charge in [0.25, 0.3) is 0 Å². The van der Waals surface area contributed by atoms with Gasteiger partial charge in [-0.1, -0.05) is 0 Å². The summed E-state index contributed by atoms with van der Waals surface area (Å²) in [4.78, 5) is 6.34. The van der Waals surface area contributed by atoms with Crippen molar-refractivity contribution in [2.24, 2.45) is 0 Å². The van der Waals surface area contributed by atoms with E-state index in [0.717, 1.165) is 35.7 Å². The third-order valence-corrected chi connectivity index (χ3v) is 4.94. The number of anilines is 1. The van der Waals surface area contributed by atoms with Gasteiger partial charge in [-0.05, 0) is 32.3 Å². The first-order chi connectivity index (χ1) is 11.6. The van der Waals surface area contributed by atoms with Crippen LogP contribution in [0.3, 0.4) is 0 Å². The first kappa shape index (κ1) is 15.1. The van der Waals surface area contributed by atoms with Crippen LogP contribution < -0.4 is 4.90 Å². The van der Waals surface area contributed by atoms with Crippen LogP contribution in [0.4, 0.5) is 5.69 Å². The van der Waals surface area contributed by atoms with Gasteiger partial charge in [0.05, 0.1) is 29.9 Å². The van der Waals surface area contributed by atoms with Crippen LogP contribution in [0, 0.1) is 13.8 Å². The highest BCUT2D eigenvalue weighted by Crippen LogP contribution is 2.32. The molecule has 1 fully saturated rings. The maximum atomic E-state index is 10.9. The highest BCUT2D eigenvalue weighted by atomic mass is 16.3. The van der Waals surface area contributed by atoms with Crippen molar-refractivity contribution in [3.63, 3.8) is 0 Å². The Kier molecular flexibility index (Phi) is 3.49. The van der Waals surface area contributed by atoms with E-state index in [9.17, 15) is 5.11 Å². The molecule has 0 unspecified atom stereocenters. The second-order valence-corrected chi connectivity index (χ2v) is 6.60. The largest absolute Gasteiger partial charge is 0.388 e. The molecule has 0 atom stereocenters. The van der Waals surface area contributed by atoms with Crippen LogP contribution >= 0.6 is 0 Å². The number of nitrogens with zero attached hydrogens (tertiary/aromatic N) is 7. The van der Waals surface area contributed by atoms with E-state index in [1.54, 1.807) is 23.4 Å². The predicted molar refractivity (Wildman–Crippen MR) is 88.9 cm³/mol. The summed E-state index contributed by atoms with van der Waals surface area (Å²) in [6.45, 7) is 6.20. The minimum Gasteiger partial charge on any atom is -0.388 e. The van der Waals surface area contributed by atoms with E-state index in [1.807, 2.05) is 17.7 Å². The van der Waals surface area contributed by atoms with Crippen LogP contribution in [0.5, 0.6) is 0 Å². The van der Waals surface area contributed by atoms with Gasteiger partial charge in [0, 0.05) is 25.5 Å². The summed E-state index contributed by atoms with van der Waals surface area (Å²) >= 11 is 0. The Morgan fingerprint density at radius 3 is 2.71 bits per heavy atom. The summed E-state index contributed by atoms with van der Waals surface area (Å²) in [5, 5.41) is 23.6. The van der Waals surface area contributed by atoms with E-state index in [2.05, 4.69) is 32.1 Å². The van der Waals surface area contributed by atoms with Crippen molar-refractivity contribution in [1.29, 1.82) is 0 Å². The van der Waals surface area contributed by atoms with Crippen molar-refractivity contribution in [2.75, 3.05) is 18.0 Å². The molecule has 0 radical (unpaired) electrons. The number of piperidine rings is 1. The lowest BCUT2D eigenvalue weighted by atomic mass is 9.90. The lowest BCUT2D eigenvalue weighted by Crippen LogP contribution is -2.47. The van der Waals surface area contributed by atoms with Crippen molar-refractivity contribution < 1.29 is 5.11 Å². The fourth-order valence-corrected chi connectivity index (χ4v) is 3.44. The topological polar surface area (TPSA) is 84.4 Å². The molecule has 8 heteroatoms. The Labute approximate surface area is 139 Å². The molecule has 0 aromatic carbocycles. The minimum absolute atomic E-state index is 0.579. The fraction of sp³-hybridized carbons (Fsp3) is 0.500. The third kappa shape index (κ3) is 2.52. The van der Waals surface area contributed by atoms with E-state index >= 15 is 0 Å². The molecule has 4 rings (SSSR count). The van der Waals surface area contributed by atoms with Gasteiger partial charge in [-0.3, -0.25) is 0 Å². The van der Waals surface area contributed by atoms with E-state index in [0.29, 0.717) is 19.4 Å². The van der Waals surface area contributed by atoms with E-state index in [1.165, 1.54) is 0 Å². The number of imidazole rings is 1.